The molecule has 0 aliphatic carbocycles. The number of anilines is 1. The van der Waals surface area contributed by atoms with Crippen LogP contribution in [0.2, 0.25) is 10.0 Å². The first-order chi connectivity index (χ1) is 12.9. The molecule has 7 heteroatoms. The zero-order valence-electron chi connectivity index (χ0n) is 15.2. The summed E-state index contributed by atoms with van der Waals surface area (Å²) in [6.07, 6.45) is 0. The molecule has 1 atom stereocenters. The van der Waals surface area contributed by atoms with E-state index in [1.807, 2.05) is 31.2 Å². The predicted octanol–water partition coefficient (Wildman–Crippen LogP) is 2.28. The average molecular weight is 409 g/mol. The molecule has 3 rings (SSSR count). The van der Waals surface area contributed by atoms with Crippen LogP contribution < -0.4 is 15.1 Å². The van der Waals surface area contributed by atoms with Gasteiger partial charge in [-0.25, -0.2) is 0 Å². The van der Waals surface area contributed by atoms with E-state index in [2.05, 4.69) is 10.2 Å². The molecule has 0 aromatic heterocycles. The van der Waals surface area contributed by atoms with Crippen LogP contribution in [0.1, 0.15) is 18.5 Å². The largest absolute Gasteiger partial charge is 0.506 e. The molecule has 1 fully saturated rings. The number of carbonyl (C=O) groups is 1. The van der Waals surface area contributed by atoms with E-state index in [0.29, 0.717) is 22.3 Å². The number of halogens is 2. The summed E-state index contributed by atoms with van der Waals surface area (Å²) in [4.78, 5) is 15.8. The average Bonchev–Trinajstić information content (AvgIpc) is 2.62. The number of nitrogens with one attached hydrogen (secondary N) is 2. The fraction of sp³-hybridized carbons (Fsp3) is 0.350. The molecule has 0 radical (unpaired) electrons. The summed E-state index contributed by atoms with van der Waals surface area (Å²) in [7, 11) is 0. The van der Waals surface area contributed by atoms with Crippen molar-refractivity contribution < 1.29 is 14.8 Å². The number of quaternary nitrogens is 1. The van der Waals surface area contributed by atoms with Gasteiger partial charge in [0.1, 0.15) is 5.75 Å². The number of nitrogens with zero attached hydrogens (tertiary/aromatic N) is 1. The molecule has 0 unspecified atom stereocenters. The Balaban J connectivity index is 1.50. The Bertz CT molecular complexity index is 808. The Kier molecular flexibility index (Phi) is 6.47. The van der Waals surface area contributed by atoms with Gasteiger partial charge in [-0.2, -0.15) is 0 Å². The molecule has 1 aliphatic rings. The van der Waals surface area contributed by atoms with Crippen LogP contribution in [-0.4, -0.2) is 43.7 Å². The lowest BCUT2D eigenvalue weighted by atomic mass is 10.1. The minimum Gasteiger partial charge on any atom is -0.506 e. The van der Waals surface area contributed by atoms with Gasteiger partial charge in [0.25, 0.3) is 5.91 Å². The Hall–Kier alpha value is -1.95. The van der Waals surface area contributed by atoms with Crippen molar-refractivity contribution in [1.82, 2.24) is 5.32 Å². The monoisotopic (exact) mass is 408 g/mol. The van der Waals surface area contributed by atoms with Crippen LogP contribution in [0, 0.1) is 0 Å². The number of phenols is 1. The first kappa shape index (κ1) is 19.8. The van der Waals surface area contributed by atoms with Crippen LogP contribution >= 0.6 is 23.2 Å². The minimum atomic E-state index is -0.177. The molecule has 3 N–H and O–H groups in total. The summed E-state index contributed by atoms with van der Waals surface area (Å²) in [5.41, 5.74) is 1.71. The van der Waals surface area contributed by atoms with E-state index in [1.54, 1.807) is 18.2 Å². The van der Waals surface area contributed by atoms with Crippen LogP contribution in [0.15, 0.2) is 42.5 Å². The van der Waals surface area contributed by atoms with Crippen molar-refractivity contribution in [2.75, 3.05) is 37.6 Å². The summed E-state index contributed by atoms with van der Waals surface area (Å²) in [5, 5.41) is 14.1. The van der Waals surface area contributed by atoms with E-state index >= 15 is 0 Å². The van der Waals surface area contributed by atoms with Crippen molar-refractivity contribution in [1.29, 1.82) is 0 Å². The number of para-hydroxylation sites is 2. The van der Waals surface area contributed by atoms with Crippen LogP contribution in [0.4, 0.5) is 5.69 Å². The van der Waals surface area contributed by atoms with Gasteiger partial charge in [0, 0.05) is 10.0 Å². The molecule has 1 amide bonds. The third-order valence-corrected chi connectivity index (χ3v) is 5.47. The summed E-state index contributed by atoms with van der Waals surface area (Å²) >= 11 is 12.1. The van der Waals surface area contributed by atoms with Gasteiger partial charge in [-0.05, 0) is 36.8 Å². The normalized spacial score (nSPS) is 16.2. The number of benzene rings is 2. The highest BCUT2D eigenvalue weighted by atomic mass is 35.5. The second-order valence-electron chi connectivity index (χ2n) is 6.86. The molecule has 1 aliphatic heterocycles. The summed E-state index contributed by atoms with van der Waals surface area (Å²) in [6, 6.07) is 12.5. The van der Waals surface area contributed by atoms with Gasteiger partial charge in [-0.1, -0.05) is 41.4 Å². The molecular formula is C20H24Cl2N3O2+. The topological polar surface area (TPSA) is 57.0 Å². The Morgan fingerprint density at radius 1 is 1.22 bits per heavy atom. The molecular weight excluding hydrogens is 385 g/mol. The third kappa shape index (κ3) is 5.06. The fourth-order valence-corrected chi connectivity index (χ4v) is 3.99. The number of carbonyl (C=O) groups excluding carboxylic acids is 1. The van der Waals surface area contributed by atoms with Gasteiger partial charge in [0.15, 0.2) is 6.54 Å². The SMILES string of the molecule is C[C@H](NC(=O)C[NH+]1CCN(c2ccccc2O)CC1)c1ccc(Cl)cc1Cl. The highest BCUT2D eigenvalue weighted by Crippen LogP contribution is 2.27. The second-order valence-corrected chi connectivity index (χ2v) is 7.70. The van der Waals surface area contributed by atoms with Gasteiger partial charge in [-0.15, -0.1) is 0 Å². The van der Waals surface area contributed by atoms with E-state index < -0.39 is 0 Å². The minimum absolute atomic E-state index is 0.000440. The number of amides is 1. The van der Waals surface area contributed by atoms with E-state index in [4.69, 9.17) is 23.2 Å². The van der Waals surface area contributed by atoms with Crippen molar-refractivity contribution in [3.63, 3.8) is 0 Å². The Morgan fingerprint density at radius 3 is 2.59 bits per heavy atom. The summed E-state index contributed by atoms with van der Waals surface area (Å²) in [5.74, 6) is 0.298. The lowest BCUT2D eigenvalue weighted by Gasteiger charge is -2.33. The quantitative estimate of drug-likeness (QED) is 0.711. The van der Waals surface area contributed by atoms with E-state index in [-0.39, 0.29) is 11.9 Å². The lowest BCUT2D eigenvalue weighted by molar-refractivity contribution is -0.892. The molecule has 27 heavy (non-hydrogen) atoms. The van der Waals surface area contributed by atoms with Gasteiger partial charge in [-0.3, -0.25) is 4.79 Å². The van der Waals surface area contributed by atoms with E-state index in [1.165, 1.54) is 4.90 Å². The smallest absolute Gasteiger partial charge is 0.275 e. The van der Waals surface area contributed by atoms with Crippen molar-refractivity contribution >= 4 is 34.8 Å². The highest BCUT2D eigenvalue weighted by molar-refractivity contribution is 6.35. The third-order valence-electron chi connectivity index (χ3n) is 4.91. The van der Waals surface area contributed by atoms with Crippen molar-refractivity contribution in [2.24, 2.45) is 0 Å². The molecule has 5 nitrogen and oxygen atoms in total. The van der Waals surface area contributed by atoms with Crippen LogP contribution in [0.5, 0.6) is 5.75 Å². The number of piperazine rings is 1. The number of hydrogen-bond donors (Lipinski definition) is 3. The number of hydrogen-bond acceptors (Lipinski definition) is 3. The molecule has 144 valence electrons. The maximum atomic E-state index is 12.4. The molecule has 2 aromatic carbocycles. The number of phenolic OH excluding ortho intramolecular Hbond substituents is 1. The van der Waals surface area contributed by atoms with E-state index in [0.717, 1.165) is 37.4 Å². The maximum absolute atomic E-state index is 12.4. The lowest BCUT2D eigenvalue weighted by Crippen LogP contribution is -3.15. The highest BCUT2D eigenvalue weighted by Gasteiger charge is 2.24. The number of aromatic hydroxyl groups is 1. The van der Waals surface area contributed by atoms with Crippen molar-refractivity contribution in [3.05, 3.63) is 58.1 Å². The van der Waals surface area contributed by atoms with E-state index in [9.17, 15) is 9.90 Å². The first-order valence-corrected chi connectivity index (χ1v) is 9.80. The Morgan fingerprint density at radius 2 is 1.93 bits per heavy atom. The zero-order chi connectivity index (χ0) is 19.4. The maximum Gasteiger partial charge on any atom is 0.275 e. The molecule has 1 saturated heterocycles. The van der Waals surface area contributed by atoms with Gasteiger partial charge >= 0.3 is 0 Å². The Labute approximate surface area is 169 Å². The van der Waals surface area contributed by atoms with Crippen molar-refractivity contribution in [3.8, 4) is 5.75 Å². The molecule has 1 heterocycles. The predicted molar refractivity (Wildman–Crippen MR) is 109 cm³/mol. The first-order valence-electron chi connectivity index (χ1n) is 9.05. The van der Waals surface area contributed by atoms with Crippen LogP contribution in [0.3, 0.4) is 0 Å². The summed E-state index contributed by atoms with van der Waals surface area (Å²) < 4.78 is 0. The van der Waals surface area contributed by atoms with Gasteiger partial charge < -0.3 is 20.2 Å². The van der Waals surface area contributed by atoms with Crippen LogP contribution in [-0.2, 0) is 4.79 Å². The molecule has 0 bridgehead atoms. The van der Waals surface area contributed by atoms with Crippen LogP contribution in [0.25, 0.3) is 0 Å². The van der Waals surface area contributed by atoms with Gasteiger partial charge in [0.05, 0.1) is 37.9 Å². The summed E-state index contributed by atoms with van der Waals surface area (Å²) in [6.45, 7) is 5.63. The van der Waals surface area contributed by atoms with Crippen molar-refractivity contribution in [2.45, 2.75) is 13.0 Å². The molecule has 0 saturated carbocycles. The second kappa shape index (κ2) is 8.83. The standard InChI is InChI=1S/C20H23Cl2N3O2/c1-14(16-7-6-15(21)12-17(16)22)23-20(27)13-24-8-10-25(11-9-24)18-4-2-3-5-19(18)26/h2-7,12,14,26H,8-11,13H2,1H3,(H,23,27)/p+1/t14-/m0/s1. The number of rotatable bonds is 5. The molecule has 2 aromatic rings. The zero-order valence-corrected chi connectivity index (χ0v) is 16.7. The molecule has 0 spiro atoms. The van der Waals surface area contributed by atoms with Gasteiger partial charge in [0.2, 0.25) is 0 Å². The fourth-order valence-electron chi connectivity index (χ4n) is 3.42.